The van der Waals surface area contributed by atoms with E-state index in [0.717, 1.165) is 48.3 Å². The number of nitrogens with zero attached hydrogens (tertiary/aromatic N) is 2. The number of nitriles is 1. The summed E-state index contributed by atoms with van der Waals surface area (Å²) >= 11 is 2.29. The molecular weight excluding hydrogens is 449 g/mol. The van der Waals surface area contributed by atoms with E-state index in [0.29, 0.717) is 0 Å². The Hall–Kier alpha value is -2.07. The number of nitrogens with one attached hydrogen (secondary N) is 1. The summed E-state index contributed by atoms with van der Waals surface area (Å²) in [6.07, 6.45) is 7.25. The summed E-state index contributed by atoms with van der Waals surface area (Å²) in [5.74, 6) is -0.261. The van der Waals surface area contributed by atoms with Crippen LogP contribution in [0.15, 0.2) is 35.9 Å². The first-order chi connectivity index (χ1) is 13.0. The van der Waals surface area contributed by atoms with Crippen molar-refractivity contribution in [3.05, 3.63) is 56.4 Å². The van der Waals surface area contributed by atoms with Gasteiger partial charge in [0.05, 0.1) is 0 Å². The molecule has 0 bridgehead atoms. The SMILES string of the molecule is Cc1cc(/C=C(\C#N)C(=O)NC2CCCCC2)c(C)n1-c1ccc(I)cc1. The van der Waals surface area contributed by atoms with Crippen LogP contribution >= 0.6 is 22.6 Å². The number of aromatic nitrogens is 1. The first-order valence-corrected chi connectivity index (χ1v) is 10.4. The zero-order chi connectivity index (χ0) is 19.4. The zero-order valence-electron chi connectivity index (χ0n) is 15.8. The maximum Gasteiger partial charge on any atom is 0.262 e. The molecule has 1 N–H and O–H groups in total. The fourth-order valence-corrected chi connectivity index (χ4v) is 4.09. The summed E-state index contributed by atoms with van der Waals surface area (Å²) < 4.78 is 3.33. The molecule has 2 aromatic rings. The summed E-state index contributed by atoms with van der Waals surface area (Å²) in [4.78, 5) is 12.5. The molecule has 0 spiro atoms. The lowest BCUT2D eigenvalue weighted by Gasteiger charge is -2.22. The molecule has 1 amide bonds. The molecule has 1 saturated carbocycles. The van der Waals surface area contributed by atoms with Gasteiger partial charge in [0, 0.05) is 26.7 Å². The minimum absolute atomic E-state index is 0.170. The predicted octanol–water partition coefficient (Wildman–Crippen LogP) is 5.05. The minimum Gasteiger partial charge on any atom is -0.349 e. The molecule has 4 nitrogen and oxygen atoms in total. The maximum absolute atomic E-state index is 12.5. The van der Waals surface area contributed by atoms with Gasteiger partial charge in [-0.05, 0) is 91.3 Å². The Morgan fingerprint density at radius 2 is 1.89 bits per heavy atom. The fourth-order valence-electron chi connectivity index (χ4n) is 3.74. The number of aryl methyl sites for hydroxylation is 1. The summed E-state index contributed by atoms with van der Waals surface area (Å²) in [7, 11) is 0. The molecule has 27 heavy (non-hydrogen) atoms. The summed E-state index contributed by atoms with van der Waals surface area (Å²) in [6.45, 7) is 4.06. The number of halogens is 1. The lowest BCUT2D eigenvalue weighted by atomic mass is 9.95. The van der Waals surface area contributed by atoms with Crippen molar-refractivity contribution < 1.29 is 4.79 Å². The van der Waals surface area contributed by atoms with Crippen LogP contribution in [0.2, 0.25) is 0 Å². The van der Waals surface area contributed by atoms with E-state index in [4.69, 9.17) is 0 Å². The van der Waals surface area contributed by atoms with Gasteiger partial charge >= 0.3 is 0 Å². The van der Waals surface area contributed by atoms with E-state index in [2.05, 4.69) is 62.8 Å². The highest BCUT2D eigenvalue weighted by atomic mass is 127. The molecule has 1 fully saturated rings. The Kier molecular flexibility index (Phi) is 6.38. The summed E-state index contributed by atoms with van der Waals surface area (Å²) in [5, 5.41) is 12.5. The van der Waals surface area contributed by atoms with Gasteiger partial charge in [0.15, 0.2) is 0 Å². The molecular formula is C22H24IN3O. The van der Waals surface area contributed by atoms with Crippen LogP contribution in [-0.4, -0.2) is 16.5 Å². The third kappa shape index (κ3) is 4.62. The predicted molar refractivity (Wildman–Crippen MR) is 117 cm³/mol. The zero-order valence-corrected chi connectivity index (χ0v) is 17.9. The van der Waals surface area contributed by atoms with Crippen molar-refractivity contribution in [3.63, 3.8) is 0 Å². The number of rotatable bonds is 4. The van der Waals surface area contributed by atoms with Crippen molar-refractivity contribution in [1.82, 2.24) is 9.88 Å². The van der Waals surface area contributed by atoms with E-state index >= 15 is 0 Å². The molecule has 0 unspecified atom stereocenters. The van der Waals surface area contributed by atoms with Crippen molar-refractivity contribution in [1.29, 1.82) is 5.26 Å². The molecule has 1 aliphatic rings. The molecule has 1 aromatic carbocycles. The van der Waals surface area contributed by atoms with E-state index < -0.39 is 0 Å². The number of benzene rings is 1. The lowest BCUT2D eigenvalue weighted by Crippen LogP contribution is -2.36. The molecule has 0 saturated heterocycles. The second-order valence-corrected chi connectivity index (χ2v) is 8.36. The normalized spacial score (nSPS) is 15.4. The highest BCUT2D eigenvalue weighted by Gasteiger charge is 2.19. The Bertz CT molecular complexity index is 897. The van der Waals surface area contributed by atoms with Crippen molar-refractivity contribution in [2.75, 3.05) is 0 Å². The lowest BCUT2D eigenvalue weighted by molar-refractivity contribution is -0.117. The van der Waals surface area contributed by atoms with Gasteiger partial charge in [-0.2, -0.15) is 5.26 Å². The van der Waals surface area contributed by atoms with Gasteiger partial charge < -0.3 is 9.88 Å². The van der Waals surface area contributed by atoms with Crippen LogP contribution in [0.3, 0.4) is 0 Å². The van der Waals surface area contributed by atoms with Crippen molar-refractivity contribution >= 4 is 34.6 Å². The van der Waals surface area contributed by atoms with E-state index in [1.54, 1.807) is 6.08 Å². The molecule has 1 heterocycles. The highest BCUT2D eigenvalue weighted by molar-refractivity contribution is 14.1. The van der Waals surface area contributed by atoms with Crippen LogP contribution in [-0.2, 0) is 4.79 Å². The highest BCUT2D eigenvalue weighted by Crippen LogP contribution is 2.24. The standard InChI is InChI=1S/C22H24IN3O/c1-15-12-17(16(2)26(15)21-10-8-19(23)9-11-21)13-18(14-24)22(27)25-20-6-4-3-5-7-20/h8-13,20H,3-7H2,1-2H3,(H,25,27)/b18-13+. The second kappa shape index (κ2) is 8.75. The van der Waals surface area contributed by atoms with E-state index in [9.17, 15) is 10.1 Å². The van der Waals surface area contributed by atoms with Crippen LogP contribution in [0.25, 0.3) is 11.8 Å². The Balaban J connectivity index is 1.86. The van der Waals surface area contributed by atoms with Crippen molar-refractivity contribution in [2.45, 2.75) is 52.0 Å². The number of carbonyl (C=O) groups excluding carboxylic acids is 1. The van der Waals surface area contributed by atoms with Gasteiger partial charge in [-0.15, -0.1) is 0 Å². The first-order valence-electron chi connectivity index (χ1n) is 9.37. The summed E-state index contributed by atoms with van der Waals surface area (Å²) in [5.41, 5.74) is 4.25. The van der Waals surface area contributed by atoms with Crippen LogP contribution in [0, 0.1) is 28.7 Å². The molecule has 0 atom stereocenters. The molecule has 140 valence electrons. The Labute approximate surface area is 174 Å². The average Bonchev–Trinajstić information content (AvgIpc) is 2.94. The van der Waals surface area contributed by atoms with Gasteiger partial charge in [0.1, 0.15) is 11.6 Å². The Morgan fingerprint density at radius 3 is 2.52 bits per heavy atom. The second-order valence-electron chi connectivity index (χ2n) is 7.12. The molecule has 1 aliphatic carbocycles. The van der Waals surface area contributed by atoms with Crippen molar-refractivity contribution in [2.24, 2.45) is 0 Å². The monoisotopic (exact) mass is 473 g/mol. The fraction of sp³-hybridized carbons (Fsp3) is 0.364. The topological polar surface area (TPSA) is 57.8 Å². The number of amides is 1. The molecule has 5 heteroatoms. The summed E-state index contributed by atoms with van der Waals surface area (Å²) in [6, 6.07) is 12.6. The smallest absolute Gasteiger partial charge is 0.262 e. The quantitative estimate of drug-likeness (QED) is 0.384. The maximum atomic E-state index is 12.5. The van der Waals surface area contributed by atoms with Gasteiger partial charge in [0.2, 0.25) is 0 Å². The largest absolute Gasteiger partial charge is 0.349 e. The number of hydrogen-bond acceptors (Lipinski definition) is 2. The average molecular weight is 473 g/mol. The van der Waals surface area contributed by atoms with E-state index in [-0.39, 0.29) is 17.5 Å². The van der Waals surface area contributed by atoms with Crippen LogP contribution in [0.1, 0.15) is 49.1 Å². The van der Waals surface area contributed by atoms with E-state index in [1.165, 1.54) is 9.99 Å². The number of hydrogen-bond donors (Lipinski definition) is 1. The van der Waals surface area contributed by atoms with Gasteiger partial charge in [-0.1, -0.05) is 19.3 Å². The minimum atomic E-state index is -0.261. The number of carbonyl (C=O) groups is 1. The van der Waals surface area contributed by atoms with Gasteiger partial charge in [-0.25, -0.2) is 0 Å². The third-order valence-corrected chi connectivity index (χ3v) is 5.88. The van der Waals surface area contributed by atoms with Crippen LogP contribution < -0.4 is 5.32 Å². The van der Waals surface area contributed by atoms with E-state index in [1.807, 2.05) is 19.9 Å². The molecule has 0 aliphatic heterocycles. The van der Waals surface area contributed by atoms with Crippen LogP contribution in [0.5, 0.6) is 0 Å². The molecule has 3 rings (SSSR count). The Morgan fingerprint density at radius 1 is 1.22 bits per heavy atom. The first kappa shape index (κ1) is 19.7. The van der Waals surface area contributed by atoms with Gasteiger partial charge in [0.25, 0.3) is 5.91 Å². The molecule has 1 aromatic heterocycles. The van der Waals surface area contributed by atoms with Crippen molar-refractivity contribution in [3.8, 4) is 11.8 Å². The third-order valence-electron chi connectivity index (χ3n) is 5.16. The van der Waals surface area contributed by atoms with Gasteiger partial charge in [-0.3, -0.25) is 4.79 Å². The molecule has 0 radical (unpaired) electrons. The van der Waals surface area contributed by atoms with Crippen LogP contribution in [0.4, 0.5) is 0 Å².